The van der Waals surface area contributed by atoms with E-state index in [0.717, 1.165) is 11.4 Å². The van der Waals surface area contributed by atoms with Crippen LogP contribution >= 0.6 is 12.6 Å². The molecule has 0 saturated heterocycles. The van der Waals surface area contributed by atoms with Gasteiger partial charge in [0.15, 0.2) is 0 Å². The number of rotatable bonds is 2. The molecule has 18 heavy (non-hydrogen) atoms. The van der Waals surface area contributed by atoms with E-state index >= 15 is 0 Å². The van der Waals surface area contributed by atoms with Crippen LogP contribution in [0.1, 0.15) is 11.1 Å². The molecule has 92 valence electrons. The van der Waals surface area contributed by atoms with Gasteiger partial charge in [-0.2, -0.15) is 5.26 Å². The summed E-state index contributed by atoms with van der Waals surface area (Å²) in [5.74, 6) is 0. The fraction of sp³-hybridized carbons (Fsp3) is 0.133. The highest BCUT2D eigenvalue weighted by atomic mass is 32.1. The summed E-state index contributed by atoms with van der Waals surface area (Å²) in [5.41, 5.74) is 1.99. The minimum Gasteiger partial charge on any atom is -0.316 e. The number of hydrogen-bond acceptors (Lipinski definition) is 3. The largest absolute Gasteiger partial charge is 0.316 e. The van der Waals surface area contributed by atoms with E-state index in [1.165, 1.54) is 5.56 Å². The third-order valence-electron chi connectivity index (χ3n) is 2.20. The first kappa shape index (κ1) is 14.3. The van der Waals surface area contributed by atoms with Crippen LogP contribution in [0.3, 0.4) is 0 Å². The maximum absolute atomic E-state index is 8.38. The third kappa shape index (κ3) is 5.53. The Labute approximate surface area is 114 Å². The molecule has 0 saturated carbocycles. The van der Waals surface area contributed by atoms with Crippen LogP contribution in [0.5, 0.6) is 0 Å². The van der Waals surface area contributed by atoms with Crippen LogP contribution in [-0.2, 0) is 6.54 Å². The summed E-state index contributed by atoms with van der Waals surface area (Å²) in [6.45, 7) is 0.959. The Bertz CT molecular complexity index is 503. The number of hydrogen-bond donors (Lipinski definition) is 2. The molecule has 0 spiro atoms. The summed E-state index contributed by atoms with van der Waals surface area (Å²) >= 11 is 4.06. The summed E-state index contributed by atoms with van der Waals surface area (Å²) in [4.78, 5) is 0.828. The van der Waals surface area contributed by atoms with Gasteiger partial charge >= 0.3 is 0 Å². The van der Waals surface area contributed by atoms with Crippen molar-refractivity contribution in [3.05, 3.63) is 65.7 Å². The van der Waals surface area contributed by atoms with Gasteiger partial charge in [0.1, 0.15) is 0 Å². The van der Waals surface area contributed by atoms with Crippen LogP contribution in [0, 0.1) is 11.3 Å². The van der Waals surface area contributed by atoms with Gasteiger partial charge in [-0.15, -0.1) is 12.6 Å². The first-order valence-corrected chi connectivity index (χ1v) is 6.08. The fourth-order valence-corrected chi connectivity index (χ4v) is 1.60. The molecule has 2 aromatic carbocycles. The van der Waals surface area contributed by atoms with Gasteiger partial charge in [0, 0.05) is 11.4 Å². The maximum Gasteiger partial charge on any atom is 0.0992 e. The van der Waals surface area contributed by atoms with Crippen LogP contribution < -0.4 is 5.32 Å². The highest BCUT2D eigenvalue weighted by molar-refractivity contribution is 7.80. The molecule has 0 amide bonds. The monoisotopic (exact) mass is 256 g/mol. The van der Waals surface area contributed by atoms with E-state index in [1.54, 1.807) is 18.2 Å². The minimum absolute atomic E-state index is 0.655. The first-order chi connectivity index (χ1) is 8.76. The van der Waals surface area contributed by atoms with E-state index in [1.807, 2.05) is 37.4 Å². The molecule has 0 fully saturated rings. The molecule has 3 heteroatoms. The Morgan fingerprint density at radius 2 is 1.83 bits per heavy atom. The summed E-state index contributed by atoms with van der Waals surface area (Å²) in [6, 6.07) is 19.5. The summed E-state index contributed by atoms with van der Waals surface area (Å²) in [5, 5.41) is 11.5. The molecule has 0 aromatic heterocycles. The van der Waals surface area contributed by atoms with Crippen molar-refractivity contribution >= 4 is 12.6 Å². The SMILES string of the molecule is CNCc1ccccc1.N#Cc1cccc(S)c1. The number of nitrogens with one attached hydrogen (secondary N) is 1. The number of thiol groups is 1. The van der Waals surface area contributed by atoms with Crippen LogP contribution in [0.25, 0.3) is 0 Å². The van der Waals surface area contributed by atoms with Gasteiger partial charge in [-0.3, -0.25) is 0 Å². The van der Waals surface area contributed by atoms with E-state index in [9.17, 15) is 0 Å². The lowest BCUT2D eigenvalue weighted by molar-refractivity contribution is 0.818. The molecule has 0 aliphatic heterocycles. The van der Waals surface area contributed by atoms with Gasteiger partial charge in [-0.25, -0.2) is 0 Å². The zero-order chi connectivity index (χ0) is 13.2. The molecule has 0 radical (unpaired) electrons. The normalized spacial score (nSPS) is 8.94. The van der Waals surface area contributed by atoms with Crippen molar-refractivity contribution in [2.24, 2.45) is 0 Å². The molecule has 2 aromatic rings. The zero-order valence-electron chi connectivity index (χ0n) is 10.3. The Morgan fingerprint density at radius 3 is 2.33 bits per heavy atom. The van der Waals surface area contributed by atoms with E-state index in [0.29, 0.717) is 5.56 Å². The standard InChI is InChI=1S/C8H11N.C7H5NS/c1-9-7-8-5-3-2-4-6-8;8-5-6-2-1-3-7(9)4-6/h2-6,9H,7H2,1H3;1-4,9H. The van der Waals surface area contributed by atoms with Crippen molar-refractivity contribution in [2.45, 2.75) is 11.4 Å². The Balaban J connectivity index is 0.000000180. The third-order valence-corrected chi connectivity index (χ3v) is 2.48. The molecular weight excluding hydrogens is 240 g/mol. The second-order valence-corrected chi connectivity index (χ2v) is 4.19. The predicted molar refractivity (Wildman–Crippen MR) is 77.6 cm³/mol. The van der Waals surface area contributed by atoms with Crippen molar-refractivity contribution in [2.75, 3.05) is 7.05 Å². The van der Waals surface area contributed by atoms with Crippen LogP contribution in [0.2, 0.25) is 0 Å². The van der Waals surface area contributed by atoms with Gasteiger partial charge < -0.3 is 5.32 Å². The molecule has 0 aliphatic carbocycles. The van der Waals surface area contributed by atoms with E-state index < -0.39 is 0 Å². The fourth-order valence-electron chi connectivity index (χ4n) is 1.38. The van der Waals surface area contributed by atoms with Gasteiger partial charge in [-0.1, -0.05) is 36.4 Å². The van der Waals surface area contributed by atoms with Gasteiger partial charge in [0.05, 0.1) is 11.6 Å². The molecule has 2 rings (SSSR count). The Morgan fingerprint density at radius 1 is 1.11 bits per heavy atom. The first-order valence-electron chi connectivity index (χ1n) is 5.64. The Kier molecular flexibility index (Phi) is 6.63. The Hall–Kier alpha value is -1.76. The minimum atomic E-state index is 0.655. The maximum atomic E-state index is 8.38. The topological polar surface area (TPSA) is 35.8 Å². The molecule has 0 atom stereocenters. The number of nitrogens with zero attached hydrogens (tertiary/aromatic N) is 1. The zero-order valence-corrected chi connectivity index (χ0v) is 11.2. The summed E-state index contributed by atoms with van der Waals surface area (Å²) in [6.07, 6.45) is 0. The second-order valence-electron chi connectivity index (χ2n) is 3.68. The van der Waals surface area contributed by atoms with Gasteiger partial charge in [0.2, 0.25) is 0 Å². The van der Waals surface area contributed by atoms with E-state index in [-0.39, 0.29) is 0 Å². The van der Waals surface area contributed by atoms with E-state index in [4.69, 9.17) is 5.26 Å². The molecule has 1 N–H and O–H groups in total. The van der Waals surface area contributed by atoms with Crippen molar-refractivity contribution in [1.29, 1.82) is 5.26 Å². The number of benzene rings is 2. The predicted octanol–water partition coefficient (Wildman–Crippen LogP) is 3.25. The molecule has 0 bridgehead atoms. The molecule has 0 aliphatic rings. The average molecular weight is 256 g/mol. The average Bonchev–Trinajstić information content (AvgIpc) is 2.41. The highest BCUT2D eigenvalue weighted by Gasteiger charge is 1.86. The van der Waals surface area contributed by atoms with Gasteiger partial charge in [-0.05, 0) is 30.8 Å². The van der Waals surface area contributed by atoms with Crippen molar-refractivity contribution < 1.29 is 0 Å². The van der Waals surface area contributed by atoms with Crippen LogP contribution in [0.4, 0.5) is 0 Å². The lowest BCUT2D eigenvalue weighted by Crippen LogP contribution is -2.04. The molecule has 2 nitrogen and oxygen atoms in total. The van der Waals surface area contributed by atoms with Crippen LogP contribution in [0.15, 0.2) is 59.5 Å². The summed E-state index contributed by atoms with van der Waals surface area (Å²) < 4.78 is 0. The lowest BCUT2D eigenvalue weighted by Gasteiger charge is -1.95. The summed E-state index contributed by atoms with van der Waals surface area (Å²) in [7, 11) is 1.95. The second kappa shape index (κ2) is 8.35. The van der Waals surface area contributed by atoms with Crippen molar-refractivity contribution in [3.8, 4) is 6.07 Å². The van der Waals surface area contributed by atoms with Crippen LogP contribution in [-0.4, -0.2) is 7.05 Å². The highest BCUT2D eigenvalue weighted by Crippen LogP contribution is 2.06. The van der Waals surface area contributed by atoms with Crippen molar-refractivity contribution in [3.63, 3.8) is 0 Å². The van der Waals surface area contributed by atoms with Crippen molar-refractivity contribution in [1.82, 2.24) is 5.32 Å². The molecule has 0 unspecified atom stereocenters. The lowest BCUT2D eigenvalue weighted by atomic mass is 10.2. The quantitative estimate of drug-likeness (QED) is 0.809. The van der Waals surface area contributed by atoms with E-state index in [2.05, 4.69) is 30.1 Å². The smallest absolute Gasteiger partial charge is 0.0992 e. The molecular formula is C15H16N2S. The molecule has 0 heterocycles. The number of nitriles is 1. The van der Waals surface area contributed by atoms with Gasteiger partial charge in [0.25, 0.3) is 0 Å².